The highest BCUT2D eigenvalue weighted by atomic mass is 16.2. The highest BCUT2D eigenvalue weighted by Gasteiger charge is 2.10. The number of pyridine rings is 1. The molecule has 4 heteroatoms. The molecule has 1 N–H and O–H groups in total. The van der Waals surface area contributed by atoms with Crippen LogP contribution in [0.1, 0.15) is 31.1 Å². The molecule has 1 atom stereocenters. The molecule has 0 aliphatic rings. The van der Waals surface area contributed by atoms with Crippen molar-refractivity contribution >= 4 is 11.7 Å². The second-order valence-corrected chi connectivity index (χ2v) is 4.81. The van der Waals surface area contributed by atoms with Crippen LogP contribution in [0.25, 0.3) is 0 Å². The fraction of sp³-hybridized carbons (Fsp3) is 0.538. The van der Waals surface area contributed by atoms with E-state index in [2.05, 4.69) is 31.1 Å². The Morgan fingerprint density at radius 3 is 2.35 bits per heavy atom. The Balaban J connectivity index is 2.72. The number of nitrogens with zero attached hydrogens (tertiary/aromatic N) is 2. The molecular weight excluding hydrogens is 214 g/mol. The predicted molar refractivity (Wildman–Crippen MR) is 70.2 cm³/mol. The summed E-state index contributed by atoms with van der Waals surface area (Å²) in [5.74, 6) is 1.32. The molecule has 0 aliphatic heterocycles. The second-order valence-electron chi connectivity index (χ2n) is 4.81. The van der Waals surface area contributed by atoms with Crippen molar-refractivity contribution in [3.63, 3.8) is 0 Å². The van der Waals surface area contributed by atoms with E-state index in [1.54, 1.807) is 31.3 Å². The van der Waals surface area contributed by atoms with Gasteiger partial charge in [-0.3, -0.25) is 4.79 Å². The van der Waals surface area contributed by atoms with Crippen LogP contribution in [-0.2, 0) is 0 Å². The molecule has 1 rings (SSSR count). The Morgan fingerprint density at radius 2 is 1.94 bits per heavy atom. The summed E-state index contributed by atoms with van der Waals surface area (Å²) in [5.41, 5.74) is 0.609. The van der Waals surface area contributed by atoms with Crippen LogP contribution in [0.5, 0.6) is 0 Å². The number of hydrogen-bond donors (Lipinski definition) is 1. The summed E-state index contributed by atoms with van der Waals surface area (Å²) in [6, 6.07) is 4.00. The molecule has 1 aromatic heterocycles. The fourth-order valence-electron chi connectivity index (χ4n) is 1.26. The number of amides is 1. The van der Waals surface area contributed by atoms with Crippen LogP contribution in [-0.4, -0.2) is 35.9 Å². The van der Waals surface area contributed by atoms with Gasteiger partial charge in [0.25, 0.3) is 5.91 Å². The highest BCUT2D eigenvalue weighted by molar-refractivity contribution is 5.93. The first kappa shape index (κ1) is 13.5. The summed E-state index contributed by atoms with van der Waals surface area (Å²) in [6.07, 6.45) is 1.61. The molecule has 1 aromatic rings. The number of hydrogen-bond acceptors (Lipinski definition) is 3. The summed E-state index contributed by atoms with van der Waals surface area (Å²) in [4.78, 5) is 17.4. The lowest BCUT2D eigenvalue weighted by molar-refractivity contribution is 0.0827. The summed E-state index contributed by atoms with van der Waals surface area (Å²) in [6.45, 7) is 6.43. The van der Waals surface area contributed by atoms with E-state index in [4.69, 9.17) is 0 Å². The largest absolute Gasteiger partial charge is 0.367 e. The number of nitrogens with one attached hydrogen (secondary N) is 1. The summed E-state index contributed by atoms with van der Waals surface area (Å²) in [7, 11) is 3.46. The van der Waals surface area contributed by atoms with Crippen molar-refractivity contribution in [2.24, 2.45) is 5.92 Å². The SMILES string of the molecule is CC(C)C(C)Nc1ccc(C(=O)N(C)C)cn1. The Labute approximate surface area is 103 Å². The zero-order valence-corrected chi connectivity index (χ0v) is 11.2. The molecule has 1 amide bonds. The van der Waals surface area contributed by atoms with Gasteiger partial charge in [-0.05, 0) is 25.0 Å². The molecule has 0 bridgehead atoms. The zero-order chi connectivity index (χ0) is 13.0. The third kappa shape index (κ3) is 3.73. The molecule has 0 spiro atoms. The summed E-state index contributed by atoms with van der Waals surface area (Å²) >= 11 is 0. The normalized spacial score (nSPS) is 12.4. The Kier molecular flexibility index (Phi) is 4.49. The first-order valence-electron chi connectivity index (χ1n) is 5.86. The standard InChI is InChI=1S/C13H21N3O/c1-9(2)10(3)15-12-7-6-11(8-14-12)13(17)16(4)5/h6-10H,1-5H3,(H,14,15). The average Bonchev–Trinajstić information content (AvgIpc) is 2.28. The van der Waals surface area contributed by atoms with Gasteiger partial charge in [0.15, 0.2) is 0 Å². The molecular formula is C13H21N3O. The summed E-state index contributed by atoms with van der Waals surface area (Å²) < 4.78 is 0. The van der Waals surface area contributed by atoms with Gasteiger partial charge in [0.2, 0.25) is 0 Å². The van der Waals surface area contributed by atoms with Gasteiger partial charge in [-0.2, -0.15) is 0 Å². The van der Waals surface area contributed by atoms with Crippen molar-refractivity contribution in [3.8, 4) is 0 Å². The lowest BCUT2D eigenvalue weighted by atomic mass is 10.1. The number of carbonyl (C=O) groups excluding carboxylic acids is 1. The molecule has 0 aromatic carbocycles. The van der Waals surface area contributed by atoms with Gasteiger partial charge in [-0.25, -0.2) is 4.98 Å². The minimum atomic E-state index is -0.0269. The third-order valence-electron chi connectivity index (χ3n) is 2.79. The molecule has 17 heavy (non-hydrogen) atoms. The van der Waals surface area contributed by atoms with Gasteiger partial charge >= 0.3 is 0 Å². The van der Waals surface area contributed by atoms with Crippen molar-refractivity contribution in [3.05, 3.63) is 23.9 Å². The van der Waals surface area contributed by atoms with E-state index in [1.807, 2.05) is 6.07 Å². The van der Waals surface area contributed by atoms with Crippen LogP contribution >= 0.6 is 0 Å². The number of rotatable bonds is 4. The Morgan fingerprint density at radius 1 is 1.29 bits per heavy atom. The first-order chi connectivity index (χ1) is 7.91. The van der Waals surface area contributed by atoms with Crippen LogP contribution in [0, 0.1) is 5.92 Å². The van der Waals surface area contributed by atoms with E-state index < -0.39 is 0 Å². The van der Waals surface area contributed by atoms with Crippen molar-refractivity contribution < 1.29 is 4.79 Å². The highest BCUT2D eigenvalue weighted by Crippen LogP contribution is 2.11. The third-order valence-corrected chi connectivity index (χ3v) is 2.79. The van der Waals surface area contributed by atoms with E-state index in [9.17, 15) is 4.79 Å². The van der Waals surface area contributed by atoms with E-state index >= 15 is 0 Å². The predicted octanol–water partition coefficient (Wildman–Crippen LogP) is 2.24. The van der Waals surface area contributed by atoms with Crippen LogP contribution in [0.2, 0.25) is 0 Å². The Hall–Kier alpha value is -1.58. The maximum absolute atomic E-state index is 11.7. The van der Waals surface area contributed by atoms with Gasteiger partial charge in [-0.15, -0.1) is 0 Å². The molecule has 1 unspecified atom stereocenters. The molecule has 0 fully saturated rings. The molecule has 1 heterocycles. The zero-order valence-electron chi connectivity index (χ0n) is 11.2. The first-order valence-corrected chi connectivity index (χ1v) is 5.86. The number of carbonyl (C=O) groups is 1. The van der Waals surface area contributed by atoms with Gasteiger partial charge in [0.05, 0.1) is 5.56 Å². The maximum atomic E-state index is 11.7. The van der Waals surface area contributed by atoms with Crippen LogP contribution < -0.4 is 5.32 Å². The van der Waals surface area contributed by atoms with Gasteiger partial charge < -0.3 is 10.2 Å². The van der Waals surface area contributed by atoms with Gasteiger partial charge in [-0.1, -0.05) is 13.8 Å². The van der Waals surface area contributed by atoms with Crippen LogP contribution in [0.15, 0.2) is 18.3 Å². The smallest absolute Gasteiger partial charge is 0.254 e. The van der Waals surface area contributed by atoms with E-state index in [0.717, 1.165) is 5.82 Å². The Bertz CT molecular complexity index is 371. The van der Waals surface area contributed by atoms with Gasteiger partial charge in [0.1, 0.15) is 5.82 Å². The quantitative estimate of drug-likeness (QED) is 0.870. The number of aromatic nitrogens is 1. The lowest BCUT2D eigenvalue weighted by Gasteiger charge is -2.18. The second kappa shape index (κ2) is 5.66. The lowest BCUT2D eigenvalue weighted by Crippen LogP contribution is -2.23. The molecule has 94 valence electrons. The van der Waals surface area contributed by atoms with E-state index in [-0.39, 0.29) is 5.91 Å². The molecule has 0 aliphatic carbocycles. The topological polar surface area (TPSA) is 45.2 Å². The maximum Gasteiger partial charge on any atom is 0.254 e. The molecule has 4 nitrogen and oxygen atoms in total. The van der Waals surface area contributed by atoms with Gasteiger partial charge in [0, 0.05) is 26.3 Å². The number of anilines is 1. The minimum absolute atomic E-state index is 0.0269. The van der Waals surface area contributed by atoms with Crippen LogP contribution in [0.4, 0.5) is 5.82 Å². The fourth-order valence-corrected chi connectivity index (χ4v) is 1.26. The van der Waals surface area contributed by atoms with Crippen molar-refractivity contribution in [1.29, 1.82) is 0 Å². The van der Waals surface area contributed by atoms with Crippen molar-refractivity contribution in [2.45, 2.75) is 26.8 Å². The molecule has 0 radical (unpaired) electrons. The minimum Gasteiger partial charge on any atom is -0.367 e. The van der Waals surface area contributed by atoms with Crippen LogP contribution in [0.3, 0.4) is 0 Å². The molecule has 0 saturated carbocycles. The van der Waals surface area contributed by atoms with E-state index in [0.29, 0.717) is 17.5 Å². The van der Waals surface area contributed by atoms with Crippen molar-refractivity contribution in [1.82, 2.24) is 9.88 Å². The van der Waals surface area contributed by atoms with Crippen molar-refractivity contribution in [2.75, 3.05) is 19.4 Å². The average molecular weight is 235 g/mol. The monoisotopic (exact) mass is 235 g/mol. The molecule has 0 saturated heterocycles. The van der Waals surface area contributed by atoms with E-state index in [1.165, 1.54) is 0 Å². The summed E-state index contributed by atoms with van der Waals surface area (Å²) in [5, 5.41) is 3.30.